The van der Waals surface area contributed by atoms with E-state index in [0.29, 0.717) is 28.3 Å². The van der Waals surface area contributed by atoms with Crippen LogP contribution in [-0.4, -0.2) is 47.5 Å². The standard InChI is InChI=1S/C25H27N3O7/c1-15-14-27(2)24(32)22(23(15)31)28(25(33)26-11-10-21(29)30)18-7-5-6-16(12-18)17-8-9-19(34-3)20(13-17)35-4/h5-9,12-14,31H,10-11H2,1-4H3,(H,26,33)(H,29,30). The van der Waals surface area contributed by atoms with Crippen LogP contribution < -0.4 is 25.2 Å². The topological polar surface area (TPSA) is 130 Å². The lowest BCUT2D eigenvalue weighted by molar-refractivity contribution is -0.136. The van der Waals surface area contributed by atoms with Crippen molar-refractivity contribution < 1.29 is 29.3 Å². The molecule has 3 aromatic rings. The molecule has 0 aliphatic rings. The van der Waals surface area contributed by atoms with Crippen LogP contribution in [0.3, 0.4) is 0 Å². The Labute approximate surface area is 202 Å². The summed E-state index contributed by atoms with van der Waals surface area (Å²) in [7, 11) is 4.57. The number of hydrogen-bond acceptors (Lipinski definition) is 6. The summed E-state index contributed by atoms with van der Waals surface area (Å²) < 4.78 is 11.9. The Hall–Kier alpha value is -4.47. The molecule has 0 fully saturated rings. The summed E-state index contributed by atoms with van der Waals surface area (Å²) >= 11 is 0. The first kappa shape index (κ1) is 25.2. The number of carbonyl (C=O) groups is 2. The molecule has 10 nitrogen and oxygen atoms in total. The van der Waals surface area contributed by atoms with Gasteiger partial charge in [0.15, 0.2) is 17.2 Å². The summed E-state index contributed by atoms with van der Waals surface area (Å²) in [6, 6.07) is 11.4. The highest BCUT2D eigenvalue weighted by Crippen LogP contribution is 2.36. The van der Waals surface area contributed by atoms with Crippen molar-refractivity contribution in [2.24, 2.45) is 7.05 Å². The molecule has 3 N–H and O–H groups in total. The van der Waals surface area contributed by atoms with Crippen molar-refractivity contribution in [3.63, 3.8) is 0 Å². The second-order valence-corrected chi connectivity index (χ2v) is 7.76. The van der Waals surface area contributed by atoms with Crippen LogP contribution in [0.25, 0.3) is 11.1 Å². The van der Waals surface area contributed by atoms with Gasteiger partial charge >= 0.3 is 12.0 Å². The molecule has 1 aromatic heterocycles. The predicted octanol–water partition coefficient (Wildman–Crippen LogP) is 3.41. The lowest BCUT2D eigenvalue weighted by Gasteiger charge is -2.25. The lowest BCUT2D eigenvalue weighted by Crippen LogP contribution is -2.41. The van der Waals surface area contributed by atoms with Gasteiger partial charge < -0.3 is 29.6 Å². The average Bonchev–Trinajstić information content (AvgIpc) is 2.84. The number of aliphatic carboxylic acids is 1. The molecule has 2 amide bonds. The molecule has 0 unspecified atom stereocenters. The Kier molecular flexibility index (Phi) is 7.65. The van der Waals surface area contributed by atoms with Gasteiger partial charge in [-0.25, -0.2) is 4.79 Å². The Morgan fingerprint density at radius 3 is 2.40 bits per heavy atom. The highest BCUT2D eigenvalue weighted by atomic mass is 16.5. The van der Waals surface area contributed by atoms with Crippen LogP contribution in [-0.2, 0) is 11.8 Å². The van der Waals surface area contributed by atoms with E-state index in [1.807, 2.05) is 12.1 Å². The van der Waals surface area contributed by atoms with Gasteiger partial charge in [-0.2, -0.15) is 0 Å². The van der Waals surface area contributed by atoms with E-state index in [2.05, 4.69) is 5.32 Å². The number of benzene rings is 2. The number of carboxylic acid groups (broad SMARTS) is 1. The molecule has 0 saturated carbocycles. The maximum Gasteiger partial charge on any atom is 0.326 e. The van der Waals surface area contributed by atoms with E-state index in [1.165, 1.54) is 32.0 Å². The van der Waals surface area contributed by atoms with Gasteiger partial charge in [0.2, 0.25) is 0 Å². The fourth-order valence-corrected chi connectivity index (χ4v) is 3.61. The minimum Gasteiger partial charge on any atom is -0.505 e. The zero-order valence-corrected chi connectivity index (χ0v) is 19.9. The van der Waals surface area contributed by atoms with E-state index in [0.717, 1.165) is 10.5 Å². The summed E-state index contributed by atoms with van der Waals surface area (Å²) in [5.74, 6) is -0.358. The molecule has 0 radical (unpaired) electrons. The van der Waals surface area contributed by atoms with Crippen molar-refractivity contribution in [1.29, 1.82) is 0 Å². The van der Waals surface area contributed by atoms with Gasteiger partial charge in [-0.1, -0.05) is 18.2 Å². The minimum atomic E-state index is -1.08. The Morgan fingerprint density at radius 1 is 1.06 bits per heavy atom. The zero-order chi connectivity index (χ0) is 25.7. The van der Waals surface area contributed by atoms with Crippen LogP contribution in [0.15, 0.2) is 53.5 Å². The number of rotatable bonds is 8. The number of pyridine rings is 1. The predicted molar refractivity (Wildman–Crippen MR) is 131 cm³/mol. The van der Waals surface area contributed by atoms with Crippen LogP contribution in [0.1, 0.15) is 12.0 Å². The lowest BCUT2D eigenvalue weighted by atomic mass is 10.0. The summed E-state index contributed by atoms with van der Waals surface area (Å²) in [5.41, 5.74) is 1.31. The van der Waals surface area contributed by atoms with E-state index >= 15 is 0 Å². The number of aryl methyl sites for hydroxylation is 2. The van der Waals surface area contributed by atoms with Crippen molar-refractivity contribution in [3.8, 4) is 28.4 Å². The number of aromatic hydroxyl groups is 1. The van der Waals surface area contributed by atoms with E-state index in [-0.39, 0.29) is 24.4 Å². The van der Waals surface area contributed by atoms with E-state index < -0.39 is 17.6 Å². The first-order chi connectivity index (χ1) is 16.7. The van der Waals surface area contributed by atoms with Crippen molar-refractivity contribution >= 4 is 23.4 Å². The molecule has 184 valence electrons. The third kappa shape index (κ3) is 5.37. The maximum atomic E-state index is 13.2. The Balaban J connectivity index is 2.14. The normalized spacial score (nSPS) is 10.5. The average molecular weight is 482 g/mol. The summed E-state index contributed by atoms with van der Waals surface area (Å²) in [5, 5.41) is 22.2. The number of amides is 2. The molecule has 1 heterocycles. The number of ether oxygens (including phenoxy) is 2. The largest absolute Gasteiger partial charge is 0.505 e. The van der Waals surface area contributed by atoms with Gasteiger partial charge in [-0.3, -0.25) is 14.5 Å². The second-order valence-electron chi connectivity index (χ2n) is 7.76. The van der Waals surface area contributed by atoms with Gasteiger partial charge in [-0.15, -0.1) is 0 Å². The number of aromatic nitrogens is 1. The number of nitrogens with zero attached hydrogens (tertiary/aromatic N) is 2. The van der Waals surface area contributed by atoms with Gasteiger partial charge in [0.05, 0.1) is 26.3 Å². The van der Waals surface area contributed by atoms with Gasteiger partial charge in [0.25, 0.3) is 5.56 Å². The number of urea groups is 1. The highest BCUT2D eigenvalue weighted by molar-refractivity contribution is 6.01. The number of methoxy groups -OCH3 is 2. The summed E-state index contributed by atoms with van der Waals surface area (Å²) in [6.07, 6.45) is 1.16. The first-order valence-electron chi connectivity index (χ1n) is 10.7. The third-order valence-electron chi connectivity index (χ3n) is 5.37. The van der Waals surface area contributed by atoms with E-state index in [4.69, 9.17) is 14.6 Å². The highest BCUT2D eigenvalue weighted by Gasteiger charge is 2.26. The molecule has 10 heteroatoms. The van der Waals surface area contributed by atoms with Crippen LogP contribution >= 0.6 is 0 Å². The van der Waals surface area contributed by atoms with Crippen LogP contribution in [0.5, 0.6) is 17.2 Å². The van der Waals surface area contributed by atoms with Crippen molar-refractivity contribution in [3.05, 3.63) is 64.6 Å². The maximum absolute atomic E-state index is 13.2. The molecule has 0 aliphatic carbocycles. The number of nitrogens with one attached hydrogen (secondary N) is 1. The first-order valence-corrected chi connectivity index (χ1v) is 10.7. The smallest absolute Gasteiger partial charge is 0.326 e. The van der Waals surface area contributed by atoms with Gasteiger partial charge in [0, 0.05) is 25.4 Å². The summed E-state index contributed by atoms with van der Waals surface area (Å²) in [4.78, 5) is 38.2. The van der Waals surface area contributed by atoms with E-state index in [1.54, 1.807) is 37.3 Å². The van der Waals surface area contributed by atoms with Gasteiger partial charge in [-0.05, 0) is 42.3 Å². The Bertz CT molecular complexity index is 1320. The SMILES string of the molecule is COc1ccc(-c2cccc(N(C(=O)NCCC(=O)O)c3c(O)c(C)cn(C)c3=O)c2)cc1OC. The number of anilines is 2. The zero-order valence-electron chi connectivity index (χ0n) is 19.9. The molecule has 2 aromatic carbocycles. The van der Waals surface area contributed by atoms with Crippen molar-refractivity contribution in [2.45, 2.75) is 13.3 Å². The molecule has 0 spiro atoms. The van der Waals surface area contributed by atoms with Gasteiger partial charge in [0.1, 0.15) is 5.75 Å². The number of hydrogen-bond donors (Lipinski definition) is 3. The van der Waals surface area contributed by atoms with Crippen LogP contribution in [0.2, 0.25) is 0 Å². The summed E-state index contributed by atoms with van der Waals surface area (Å²) in [6.45, 7) is 1.45. The third-order valence-corrected chi connectivity index (χ3v) is 5.37. The van der Waals surface area contributed by atoms with Crippen molar-refractivity contribution in [1.82, 2.24) is 9.88 Å². The molecule has 0 atom stereocenters. The molecular weight excluding hydrogens is 454 g/mol. The fraction of sp³-hybridized carbons (Fsp3) is 0.240. The molecule has 35 heavy (non-hydrogen) atoms. The number of carboxylic acids is 1. The fourth-order valence-electron chi connectivity index (χ4n) is 3.61. The molecule has 0 saturated heterocycles. The molecular formula is C25H27N3O7. The quantitative estimate of drug-likeness (QED) is 0.449. The molecule has 0 bridgehead atoms. The second kappa shape index (κ2) is 10.6. The van der Waals surface area contributed by atoms with Crippen molar-refractivity contribution in [2.75, 3.05) is 25.7 Å². The minimum absolute atomic E-state index is 0.160. The van der Waals surface area contributed by atoms with Crippen LogP contribution in [0.4, 0.5) is 16.2 Å². The van der Waals surface area contributed by atoms with E-state index in [9.17, 15) is 19.5 Å². The Morgan fingerprint density at radius 2 is 1.74 bits per heavy atom. The van der Waals surface area contributed by atoms with Crippen LogP contribution in [0, 0.1) is 6.92 Å². The monoisotopic (exact) mass is 481 g/mol. The molecule has 0 aliphatic heterocycles. The molecule has 3 rings (SSSR count). The number of carbonyl (C=O) groups excluding carboxylic acids is 1.